The van der Waals surface area contributed by atoms with Crippen molar-refractivity contribution in [2.75, 3.05) is 11.9 Å². The van der Waals surface area contributed by atoms with Crippen LogP contribution in [0.15, 0.2) is 48.5 Å². The first-order valence-electron chi connectivity index (χ1n) is 12.2. The number of hydrogen-bond acceptors (Lipinski definition) is 4. The fourth-order valence-electron chi connectivity index (χ4n) is 3.72. The maximum Gasteiger partial charge on any atom is 0.408 e. The molecule has 2 aromatic rings. The minimum absolute atomic E-state index is 0.307. The Balaban J connectivity index is 2.42. The van der Waals surface area contributed by atoms with Gasteiger partial charge in [-0.3, -0.25) is 9.59 Å². The van der Waals surface area contributed by atoms with E-state index < -0.39 is 23.8 Å². The average molecular weight is 482 g/mol. The van der Waals surface area contributed by atoms with Crippen LogP contribution in [0.5, 0.6) is 0 Å². The van der Waals surface area contributed by atoms with E-state index in [4.69, 9.17) is 4.74 Å². The van der Waals surface area contributed by atoms with Crippen molar-refractivity contribution in [3.8, 4) is 0 Å². The van der Waals surface area contributed by atoms with E-state index in [1.807, 2.05) is 69.3 Å². The second-order valence-electron chi connectivity index (χ2n) is 9.87. The minimum Gasteiger partial charge on any atom is -0.444 e. The number of para-hydroxylation sites is 1. The molecule has 0 radical (unpaired) electrons. The van der Waals surface area contributed by atoms with Crippen molar-refractivity contribution >= 4 is 23.6 Å². The molecule has 0 aliphatic rings. The van der Waals surface area contributed by atoms with Crippen molar-refractivity contribution < 1.29 is 19.1 Å². The number of unbranched alkanes of at least 4 members (excludes halogenated alkanes) is 1. The molecule has 0 fully saturated rings. The molecule has 0 saturated heterocycles. The predicted molar refractivity (Wildman–Crippen MR) is 139 cm³/mol. The number of amides is 3. The molecule has 2 N–H and O–H groups in total. The number of benzene rings is 2. The topological polar surface area (TPSA) is 87.7 Å². The molecular weight excluding hydrogens is 442 g/mol. The van der Waals surface area contributed by atoms with Crippen LogP contribution in [0.2, 0.25) is 0 Å². The highest BCUT2D eigenvalue weighted by atomic mass is 16.6. The van der Waals surface area contributed by atoms with Gasteiger partial charge in [-0.05, 0) is 65.2 Å². The highest BCUT2D eigenvalue weighted by Gasteiger charge is 2.34. The number of carbonyl (C=O) groups is 3. The van der Waals surface area contributed by atoms with Crippen molar-refractivity contribution in [2.45, 2.75) is 79.0 Å². The summed E-state index contributed by atoms with van der Waals surface area (Å²) in [6, 6.07) is 13.4. The van der Waals surface area contributed by atoms with Crippen LogP contribution in [-0.4, -0.2) is 41.0 Å². The van der Waals surface area contributed by atoms with Gasteiger partial charge in [0.25, 0.3) is 5.91 Å². The molecule has 2 rings (SSSR count). The lowest BCUT2D eigenvalue weighted by Gasteiger charge is -2.34. The molecule has 0 heterocycles. The van der Waals surface area contributed by atoms with Gasteiger partial charge in [0.2, 0.25) is 5.91 Å². The van der Waals surface area contributed by atoms with Crippen molar-refractivity contribution in [3.05, 3.63) is 65.2 Å². The summed E-state index contributed by atoms with van der Waals surface area (Å²) < 4.78 is 5.32. The molecule has 7 heteroatoms. The number of hydrogen-bond donors (Lipinski definition) is 2. The van der Waals surface area contributed by atoms with E-state index in [-0.39, 0.29) is 11.8 Å². The van der Waals surface area contributed by atoms with Gasteiger partial charge in [0.15, 0.2) is 0 Å². The van der Waals surface area contributed by atoms with Gasteiger partial charge in [0.1, 0.15) is 17.7 Å². The van der Waals surface area contributed by atoms with Crippen LogP contribution in [0.1, 0.15) is 70.2 Å². The molecule has 3 amide bonds. The maximum atomic E-state index is 13.7. The molecule has 2 atom stereocenters. The zero-order chi connectivity index (χ0) is 26.2. The van der Waals surface area contributed by atoms with Crippen LogP contribution in [0.25, 0.3) is 0 Å². The third-order valence-corrected chi connectivity index (χ3v) is 5.46. The summed E-state index contributed by atoms with van der Waals surface area (Å²) in [5, 5.41) is 5.63. The normalized spacial score (nSPS) is 12.9. The molecule has 0 aliphatic carbocycles. The summed E-state index contributed by atoms with van der Waals surface area (Å²) >= 11 is 0. The number of nitrogens with one attached hydrogen (secondary N) is 2. The largest absolute Gasteiger partial charge is 0.444 e. The van der Waals surface area contributed by atoms with Gasteiger partial charge in [-0.15, -0.1) is 0 Å². The quantitative estimate of drug-likeness (QED) is 0.493. The lowest BCUT2D eigenvalue weighted by molar-refractivity contribution is -0.140. The van der Waals surface area contributed by atoms with E-state index in [9.17, 15) is 14.4 Å². The second-order valence-corrected chi connectivity index (χ2v) is 9.87. The van der Waals surface area contributed by atoms with E-state index in [0.29, 0.717) is 24.2 Å². The predicted octanol–water partition coefficient (Wildman–Crippen LogP) is 5.53. The van der Waals surface area contributed by atoms with E-state index in [1.165, 1.54) is 0 Å². The van der Waals surface area contributed by atoms with Gasteiger partial charge >= 0.3 is 6.09 Å². The van der Waals surface area contributed by atoms with E-state index in [2.05, 4.69) is 10.6 Å². The summed E-state index contributed by atoms with van der Waals surface area (Å²) in [6.07, 6.45) is 0.882. The Morgan fingerprint density at radius 1 is 1.03 bits per heavy atom. The van der Waals surface area contributed by atoms with Gasteiger partial charge in [-0.25, -0.2) is 4.79 Å². The summed E-state index contributed by atoms with van der Waals surface area (Å²) in [7, 11) is 0. The SMILES string of the molecule is CCCCN(C(=O)C(C)NC(=O)OC(C)(C)C)C(C(=O)Nc1ccccc1C)c1cccc(C)c1. The Labute approximate surface area is 209 Å². The summed E-state index contributed by atoms with van der Waals surface area (Å²) in [5.74, 6) is -0.658. The van der Waals surface area contributed by atoms with Crippen LogP contribution < -0.4 is 10.6 Å². The molecule has 190 valence electrons. The Morgan fingerprint density at radius 3 is 2.31 bits per heavy atom. The van der Waals surface area contributed by atoms with E-state index in [1.54, 1.807) is 32.6 Å². The molecule has 2 aromatic carbocycles. The lowest BCUT2D eigenvalue weighted by Crippen LogP contribution is -2.51. The van der Waals surface area contributed by atoms with Crippen molar-refractivity contribution in [1.82, 2.24) is 10.2 Å². The number of rotatable bonds is 9. The van der Waals surface area contributed by atoms with Crippen molar-refractivity contribution in [3.63, 3.8) is 0 Å². The molecule has 0 aliphatic heterocycles. The molecule has 0 bridgehead atoms. The number of nitrogens with zero attached hydrogens (tertiary/aromatic N) is 1. The molecule has 35 heavy (non-hydrogen) atoms. The van der Waals surface area contributed by atoms with Crippen LogP contribution in [0.3, 0.4) is 0 Å². The van der Waals surface area contributed by atoms with Crippen LogP contribution >= 0.6 is 0 Å². The lowest BCUT2D eigenvalue weighted by atomic mass is 10.00. The van der Waals surface area contributed by atoms with Gasteiger partial charge < -0.3 is 20.3 Å². The highest BCUT2D eigenvalue weighted by Crippen LogP contribution is 2.26. The highest BCUT2D eigenvalue weighted by molar-refractivity contribution is 5.99. The molecule has 0 spiro atoms. The fourth-order valence-corrected chi connectivity index (χ4v) is 3.72. The number of ether oxygens (including phenoxy) is 1. The zero-order valence-electron chi connectivity index (χ0n) is 22.0. The first kappa shape index (κ1) is 27.9. The van der Waals surface area contributed by atoms with Gasteiger partial charge in [-0.1, -0.05) is 61.4 Å². The smallest absolute Gasteiger partial charge is 0.408 e. The number of anilines is 1. The molecule has 0 saturated carbocycles. The summed E-state index contributed by atoms with van der Waals surface area (Å²) in [5.41, 5.74) is 2.63. The molecular formula is C28H39N3O4. The Morgan fingerprint density at radius 2 is 1.71 bits per heavy atom. The second kappa shape index (κ2) is 12.4. The van der Waals surface area contributed by atoms with Gasteiger partial charge in [0, 0.05) is 12.2 Å². The van der Waals surface area contributed by atoms with Crippen molar-refractivity contribution in [2.24, 2.45) is 0 Å². The first-order chi connectivity index (χ1) is 16.4. The average Bonchev–Trinajstić information content (AvgIpc) is 2.76. The zero-order valence-corrected chi connectivity index (χ0v) is 22.0. The van der Waals surface area contributed by atoms with E-state index >= 15 is 0 Å². The van der Waals surface area contributed by atoms with Gasteiger partial charge in [0.05, 0.1) is 0 Å². The minimum atomic E-state index is -0.875. The third kappa shape index (κ3) is 8.42. The number of aryl methyl sites for hydroxylation is 2. The standard InChI is InChI=1S/C28H39N3O4/c1-8-9-17-31(26(33)21(4)29-27(34)35-28(5,6)7)24(22-15-12-13-19(2)18-22)25(32)30-23-16-11-10-14-20(23)3/h10-16,18,21,24H,8-9,17H2,1-7H3,(H,29,34)(H,30,32). The van der Waals surface area contributed by atoms with Crippen LogP contribution in [-0.2, 0) is 14.3 Å². The summed E-state index contributed by atoms with van der Waals surface area (Å²) in [6.45, 7) is 13.2. The molecule has 7 nitrogen and oxygen atoms in total. The molecule has 2 unspecified atom stereocenters. The van der Waals surface area contributed by atoms with Gasteiger partial charge in [-0.2, -0.15) is 0 Å². The van der Waals surface area contributed by atoms with Crippen LogP contribution in [0, 0.1) is 13.8 Å². The maximum absolute atomic E-state index is 13.7. The third-order valence-electron chi connectivity index (χ3n) is 5.46. The Bertz CT molecular complexity index is 1030. The molecule has 0 aromatic heterocycles. The number of alkyl carbamates (subject to hydrolysis) is 1. The van der Waals surface area contributed by atoms with Crippen LogP contribution in [0.4, 0.5) is 10.5 Å². The fraction of sp³-hybridized carbons (Fsp3) is 0.464. The Kier molecular flexibility index (Phi) is 9.87. The monoisotopic (exact) mass is 481 g/mol. The Hall–Kier alpha value is -3.35. The van der Waals surface area contributed by atoms with Crippen molar-refractivity contribution in [1.29, 1.82) is 0 Å². The summed E-state index contributed by atoms with van der Waals surface area (Å²) in [4.78, 5) is 41.2. The number of carbonyl (C=O) groups excluding carboxylic acids is 3. The first-order valence-corrected chi connectivity index (χ1v) is 12.2. The van der Waals surface area contributed by atoms with E-state index in [0.717, 1.165) is 17.5 Å².